The number of hydrogen-bond acceptors (Lipinski definition) is 1. The molecule has 3 heteroatoms. The van der Waals surface area contributed by atoms with Gasteiger partial charge in [0.15, 0.2) is 0 Å². The van der Waals surface area contributed by atoms with Crippen LogP contribution in [0.4, 0.5) is 0 Å². The Labute approximate surface area is 81.5 Å². The molecule has 0 bridgehead atoms. The second-order valence-corrected chi connectivity index (χ2v) is 2.95. The minimum absolute atomic E-state index is 0.289. The van der Waals surface area contributed by atoms with Crippen molar-refractivity contribution in [3.8, 4) is 0 Å². The lowest BCUT2D eigenvalue weighted by molar-refractivity contribution is -0.130. The minimum atomic E-state index is -0.926. The molecule has 2 nitrogen and oxygen atoms in total. The van der Waals surface area contributed by atoms with Crippen molar-refractivity contribution in [2.45, 2.75) is 6.92 Å². The van der Waals surface area contributed by atoms with Crippen molar-refractivity contribution in [1.29, 1.82) is 0 Å². The van der Waals surface area contributed by atoms with Gasteiger partial charge in [-0.1, -0.05) is 29.8 Å². The molecule has 0 saturated heterocycles. The Bertz CT molecular complexity index is 338. The molecule has 1 aromatic carbocycles. The average Bonchev–Trinajstić information content (AvgIpc) is 2.09. The van der Waals surface area contributed by atoms with E-state index in [9.17, 15) is 4.79 Å². The smallest absolute Gasteiger partial charge is 0.335 e. The van der Waals surface area contributed by atoms with Gasteiger partial charge in [-0.25, -0.2) is 4.79 Å². The summed E-state index contributed by atoms with van der Waals surface area (Å²) in [6.45, 7) is 1.69. The lowest BCUT2D eigenvalue weighted by atomic mass is 10.1. The molecule has 0 aromatic heterocycles. The van der Waals surface area contributed by atoms with Crippen LogP contribution in [0.3, 0.4) is 0 Å². The van der Waals surface area contributed by atoms with Crippen LogP contribution in [-0.4, -0.2) is 11.1 Å². The van der Waals surface area contributed by atoms with E-state index < -0.39 is 5.97 Å². The van der Waals surface area contributed by atoms with Crippen LogP contribution in [0.5, 0.6) is 0 Å². The molecule has 0 unspecified atom stereocenters. The second kappa shape index (κ2) is 4.10. The summed E-state index contributed by atoms with van der Waals surface area (Å²) in [5, 5.41) is 9.40. The summed E-state index contributed by atoms with van der Waals surface area (Å²) < 4.78 is 0. The van der Waals surface area contributed by atoms with Gasteiger partial charge >= 0.3 is 5.97 Å². The molecule has 13 heavy (non-hydrogen) atoms. The lowest BCUT2D eigenvalue weighted by Crippen LogP contribution is -1.98. The minimum Gasteiger partial charge on any atom is -0.478 e. The highest BCUT2D eigenvalue weighted by Gasteiger charge is 2.07. The molecule has 0 aliphatic carbocycles. The third kappa shape index (κ3) is 2.33. The van der Waals surface area contributed by atoms with Crippen LogP contribution >= 0.6 is 11.6 Å². The highest BCUT2D eigenvalue weighted by Crippen LogP contribution is 2.17. The Morgan fingerprint density at radius 1 is 1.38 bits per heavy atom. The first kappa shape index (κ1) is 9.81. The largest absolute Gasteiger partial charge is 0.478 e. The third-order valence-electron chi connectivity index (χ3n) is 1.67. The molecule has 0 spiro atoms. The van der Waals surface area contributed by atoms with E-state index in [0.717, 1.165) is 0 Å². The van der Waals surface area contributed by atoms with Gasteiger partial charge in [0.05, 0.1) is 5.57 Å². The van der Waals surface area contributed by atoms with E-state index in [1.807, 2.05) is 0 Å². The summed E-state index contributed by atoms with van der Waals surface area (Å²) in [5.41, 5.74) is 0.955. The first-order chi connectivity index (χ1) is 6.15. The maximum atomic E-state index is 10.7. The highest BCUT2D eigenvalue weighted by atomic mass is 35.5. The predicted octanol–water partition coefficient (Wildman–Crippen LogP) is 2.83. The Morgan fingerprint density at radius 2 is 1.92 bits per heavy atom. The highest BCUT2D eigenvalue weighted by molar-refractivity contribution is 6.30. The average molecular weight is 197 g/mol. The van der Waals surface area contributed by atoms with Gasteiger partial charge in [-0.2, -0.15) is 0 Å². The van der Waals surface area contributed by atoms with Crippen LogP contribution in [0.15, 0.2) is 30.3 Å². The van der Waals surface area contributed by atoms with E-state index >= 15 is 0 Å². The van der Waals surface area contributed by atoms with Crippen LogP contribution in [0.25, 0.3) is 5.57 Å². The van der Waals surface area contributed by atoms with Crippen LogP contribution in [0.2, 0.25) is 5.02 Å². The van der Waals surface area contributed by atoms with Gasteiger partial charge in [0, 0.05) is 5.02 Å². The van der Waals surface area contributed by atoms with E-state index in [1.54, 1.807) is 37.3 Å². The molecule has 0 saturated carbocycles. The van der Waals surface area contributed by atoms with Gasteiger partial charge < -0.3 is 5.11 Å². The van der Waals surface area contributed by atoms with Crippen molar-refractivity contribution in [2.75, 3.05) is 0 Å². The van der Waals surface area contributed by atoms with Crippen LogP contribution in [0.1, 0.15) is 12.5 Å². The van der Waals surface area contributed by atoms with Gasteiger partial charge in [-0.05, 0) is 24.6 Å². The number of aliphatic carboxylic acids is 1. The van der Waals surface area contributed by atoms with Crippen molar-refractivity contribution >= 4 is 23.1 Å². The molecule has 0 aliphatic rings. The van der Waals surface area contributed by atoms with Crippen molar-refractivity contribution in [2.24, 2.45) is 0 Å². The van der Waals surface area contributed by atoms with Gasteiger partial charge in [-0.3, -0.25) is 0 Å². The number of allylic oxidation sites excluding steroid dienone is 1. The Hall–Kier alpha value is -1.28. The summed E-state index contributed by atoms with van der Waals surface area (Å²) >= 11 is 5.67. The Balaban J connectivity index is 3.07. The maximum absolute atomic E-state index is 10.7. The maximum Gasteiger partial charge on any atom is 0.335 e. The lowest BCUT2D eigenvalue weighted by Gasteiger charge is -2.00. The van der Waals surface area contributed by atoms with E-state index in [4.69, 9.17) is 16.7 Å². The molecular weight excluding hydrogens is 188 g/mol. The van der Waals surface area contributed by atoms with E-state index in [1.165, 1.54) is 0 Å². The first-order valence-electron chi connectivity index (χ1n) is 3.80. The van der Waals surface area contributed by atoms with Crippen LogP contribution < -0.4 is 0 Å². The predicted molar refractivity (Wildman–Crippen MR) is 52.7 cm³/mol. The summed E-state index contributed by atoms with van der Waals surface area (Å²) in [4.78, 5) is 10.7. The number of benzene rings is 1. The SMILES string of the molecule is C/C=C(\C(=O)O)c1ccc(Cl)cc1. The number of carboxylic acid groups (broad SMARTS) is 1. The molecule has 0 atom stereocenters. The fourth-order valence-corrected chi connectivity index (χ4v) is 1.17. The standard InChI is InChI=1S/C10H9ClO2/c1-2-9(10(12)13)7-3-5-8(11)6-4-7/h2-6H,1H3,(H,12,13)/b9-2-. The van der Waals surface area contributed by atoms with Crippen LogP contribution in [-0.2, 0) is 4.79 Å². The van der Waals surface area contributed by atoms with Crippen molar-refractivity contribution in [3.63, 3.8) is 0 Å². The quantitative estimate of drug-likeness (QED) is 0.739. The number of hydrogen-bond donors (Lipinski definition) is 1. The molecular formula is C10H9ClO2. The number of rotatable bonds is 2. The zero-order valence-electron chi connectivity index (χ0n) is 7.12. The van der Waals surface area contributed by atoms with E-state index in [-0.39, 0.29) is 5.57 Å². The van der Waals surface area contributed by atoms with Gasteiger partial charge in [0.25, 0.3) is 0 Å². The zero-order valence-corrected chi connectivity index (χ0v) is 7.88. The molecule has 0 fully saturated rings. The topological polar surface area (TPSA) is 37.3 Å². The first-order valence-corrected chi connectivity index (χ1v) is 4.18. The molecule has 1 rings (SSSR count). The van der Waals surface area contributed by atoms with Crippen molar-refractivity contribution in [3.05, 3.63) is 40.9 Å². The molecule has 0 heterocycles. The molecule has 0 amide bonds. The Kier molecular flexibility index (Phi) is 3.09. The van der Waals surface area contributed by atoms with Gasteiger partial charge in [-0.15, -0.1) is 0 Å². The number of halogens is 1. The fraction of sp³-hybridized carbons (Fsp3) is 0.100. The second-order valence-electron chi connectivity index (χ2n) is 2.51. The summed E-state index contributed by atoms with van der Waals surface area (Å²) in [6.07, 6.45) is 1.56. The normalized spacial score (nSPS) is 11.4. The molecule has 0 aliphatic heterocycles. The summed E-state index contributed by atoms with van der Waals surface area (Å²) in [5.74, 6) is -0.926. The van der Waals surface area contributed by atoms with E-state index in [2.05, 4.69) is 0 Å². The van der Waals surface area contributed by atoms with Gasteiger partial charge in [0.1, 0.15) is 0 Å². The van der Waals surface area contributed by atoms with Crippen molar-refractivity contribution in [1.82, 2.24) is 0 Å². The molecule has 1 N–H and O–H groups in total. The van der Waals surface area contributed by atoms with E-state index in [0.29, 0.717) is 10.6 Å². The van der Waals surface area contributed by atoms with Gasteiger partial charge in [0.2, 0.25) is 0 Å². The zero-order chi connectivity index (χ0) is 9.84. The van der Waals surface area contributed by atoms with Crippen LogP contribution in [0, 0.1) is 0 Å². The Morgan fingerprint density at radius 3 is 2.31 bits per heavy atom. The molecule has 68 valence electrons. The third-order valence-corrected chi connectivity index (χ3v) is 1.93. The number of carbonyl (C=O) groups is 1. The summed E-state index contributed by atoms with van der Waals surface area (Å²) in [7, 11) is 0. The molecule has 0 radical (unpaired) electrons. The monoisotopic (exact) mass is 196 g/mol. The van der Waals surface area contributed by atoms with Crippen molar-refractivity contribution < 1.29 is 9.90 Å². The summed E-state index contributed by atoms with van der Waals surface area (Å²) in [6, 6.07) is 6.71. The fourth-order valence-electron chi connectivity index (χ4n) is 1.04. The number of carboxylic acids is 1. The molecule has 1 aromatic rings.